The molecule has 4 nitrogen and oxygen atoms in total. The van der Waals surface area contributed by atoms with E-state index in [1.165, 1.54) is 12.1 Å². The van der Waals surface area contributed by atoms with Gasteiger partial charge >= 0.3 is 10.2 Å². The van der Waals surface area contributed by atoms with Crippen molar-refractivity contribution in [1.82, 2.24) is 9.55 Å². The highest BCUT2D eigenvalue weighted by Crippen LogP contribution is 2.18. The molecule has 0 aliphatic rings. The van der Waals surface area contributed by atoms with E-state index >= 15 is 0 Å². The van der Waals surface area contributed by atoms with Crippen molar-refractivity contribution in [2.24, 2.45) is 0 Å². The van der Waals surface area contributed by atoms with Crippen molar-refractivity contribution >= 4 is 10.2 Å². The lowest BCUT2D eigenvalue weighted by molar-refractivity contribution is 0.550. The third kappa shape index (κ3) is 2.27. The molecule has 0 spiro atoms. The maximum Gasteiger partial charge on any atom is 0.332 e. The second-order valence-corrected chi connectivity index (χ2v) is 4.60. The summed E-state index contributed by atoms with van der Waals surface area (Å²) < 4.78 is 36.4. The Morgan fingerprint density at radius 1 is 1.31 bits per heavy atom. The summed E-state index contributed by atoms with van der Waals surface area (Å²) >= 11 is 0. The van der Waals surface area contributed by atoms with Crippen LogP contribution in [0.2, 0.25) is 0 Å². The van der Waals surface area contributed by atoms with Gasteiger partial charge in [0.1, 0.15) is 4.90 Å². The zero-order chi connectivity index (χ0) is 11.6. The molecule has 0 atom stereocenters. The lowest BCUT2D eigenvalue weighted by atomic mass is 10.2. The van der Waals surface area contributed by atoms with E-state index in [2.05, 4.69) is 4.98 Å². The molecule has 0 amide bonds. The first-order valence-corrected chi connectivity index (χ1v) is 5.94. The molecule has 2 aromatic rings. The van der Waals surface area contributed by atoms with Crippen LogP contribution in [0.3, 0.4) is 0 Å². The number of nitrogens with zero attached hydrogens (tertiary/aromatic N) is 2. The average Bonchev–Trinajstić information content (AvgIpc) is 2.70. The summed E-state index contributed by atoms with van der Waals surface area (Å²) in [5, 5.41) is 0. The number of hydrogen-bond donors (Lipinski definition) is 0. The van der Waals surface area contributed by atoms with E-state index in [1.54, 1.807) is 35.4 Å². The number of rotatable bonds is 3. The highest BCUT2D eigenvalue weighted by atomic mass is 32.3. The van der Waals surface area contributed by atoms with E-state index in [9.17, 15) is 12.3 Å². The van der Waals surface area contributed by atoms with Gasteiger partial charge < -0.3 is 4.57 Å². The van der Waals surface area contributed by atoms with Crippen molar-refractivity contribution in [3.05, 3.63) is 48.5 Å². The normalized spacial score (nSPS) is 11.6. The standard InChI is InChI=1S/C10H9FN2O2S/c11-16(14,15)10-4-2-1-3-9(10)7-13-6-5-12-8-13/h1-6,8H,7H2. The molecule has 0 unspecified atom stereocenters. The van der Waals surface area contributed by atoms with Gasteiger partial charge in [0.2, 0.25) is 0 Å². The maximum absolute atomic E-state index is 13.0. The summed E-state index contributed by atoms with van der Waals surface area (Å²) in [4.78, 5) is 3.54. The van der Waals surface area contributed by atoms with Gasteiger partial charge in [0, 0.05) is 18.9 Å². The predicted octanol–water partition coefficient (Wildman–Crippen LogP) is 1.59. The van der Waals surface area contributed by atoms with E-state index < -0.39 is 10.2 Å². The number of imidazole rings is 1. The second-order valence-electron chi connectivity index (χ2n) is 3.28. The fourth-order valence-electron chi connectivity index (χ4n) is 1.45. The van der Waals surface area contributed by atoms with Gasteiger partial charge in [-0.2, -0.15) is 8.42 Å². The van der Waals surface area contributed by atoms with Crippen LogP contribution in [0.15, 0.2) is 47.9 Å². The van der Waals surface area contributed by atoms with Crippen molar-refractivity contribution in [3.63, 3.8) is 0 Å². The smallest absolute Gasteiger partial charge is 0.332 e. The summed E-state index contributed by atoms with van der Waals surface area (Å²) in [7, 11) is -4.67. The molecule has 6 heteroatoms. The van der Waals surface area contributed by atoms with Crippen LogP contribution in [0.4, 0.5) is 3.89 Å². The van der Waals surface area contributed by atoms with Gasteiger partial charge in [-0.15, -0.1) is 3.89 Å². The summed E-state index contributed by atoms with van der Waals surface area (Å²) in [5.41, 5.74) is 0.406. The molecule has 1 aromatic carbocycles. The first kappa shape index (κ1) is 10.8. The lowest BCUT2D eigenvalue weighted by Gasteiger charge is -2.06. The van der Waals surface area contributed by atoms with Gasteiger partial charge in [-0.1, -0.05) is 18.2 Å². The van der Waals surface area contributed by atoms with Crippen molar-refractivity contribution in [1.29, 1.82) is 0 Å². The van der Waals surface area contributed by atoms with Crippen LogP contribution >= 0.6 is 0 Å². The lowest BCUT2D eigenvalue weighted by Crippen LogP contribution is -2.03. The Kier molecular flexibility index (Phi) is 2.74. The van der Waals surface area contributed by atoms with E-state index in [1.807, 2.05) is 0 Å². The Morgan fingerprint density at radius 3 is 2.69 bits per heavy atom. The predicted molar refractivity (Wildman–Crippen MR) is 56.1 cm³/mol. The van der Waals surface area contributed by atoms with E-state index in [4.69, 9.17) is 0 Å². The maximum atomic E-state index is 13.0. The Morgan fingerprint density at radius 2 is 2.06 bits per heavy atom. The Hall–Kier alpha value is -1.69. The number of halogens is 1. The Balaban J connectivity index is 2.42. The van der Waals surface area contributed by atoms with Gasteiger partial charge in [-0.05, 0) is 11.6 Å². The topological polar surface area (TPSA) is 52.0 Å². The van der Waals surface area contributed by atoms with Crippen molar-refractivity contribution in [3.8, 4) is 0 Å². The molecular formula is C10H9FN2O2S. The number of benzene rings is 1. The molecule has 1 heterocycles. The van der Waals surface area contributed by atoms with Gasteiger partial charge in [0.15, 0.2) is 0 Å². The first-order valence-electron chi connectivity index (χ1n) is 4.56. The van der Waals surface area contributed by atoms with Gasteiger partial charge in [0.05, 0.1) is 6.33 Å². The molecule has 16 heavy (non-hydrogen) atoms. The molecule has 1 aromatic heterocycles. The quantitative estimate of drug-likeness (QED) is 0.765. The SMILES string of the molecule is O=S(=O)(F)c1ccccc1Cn1ccnc1. The molecule has 0 N–H and O–H groups in total. The zero-order valence-electron chi connectivity index (χ0n) is 8.25. The second kappa shape index (κ2) is 4.05. The van der Waals surface area contributed by atoms with E-state index in [-0.39, 0.29) is 11.4 Å². The number of aromatic nitrogens is 2. The third-order valence-corrected chi connectivity index (χ3v) is 3.07. The minimum Gasteiger partial charge on any atom is -0.333 e. The highest BCUT2D eigenvalue weighted by Gasteiger charge is 2.16. The first-order chi connectivity index (χ1) is 7.57. The van der Waals surface area contributed by atoms with Crippen LogP contribution < -0.4 is 0 Å². The highest BCUT2D eigenvalue weighted by molar-refractivity contribution is 7.86. The largest absolute Gasteiger partial charge is 0.333 e. The van der Waals surface area contributed by atoms with Crippen molar-refractivity contribution in [2.75, 3.05) is 0 Å². The fraction of sp³-hybridized carbons (Fsp3) is 0.100. The van der Waals surface area contributed by atoms with Crippen LogP contribution in [0.1, 0.15) is 5.56 Å². The Labute approximate surface area is 92.6 Å². The monoisotopic (exact) mass is 240 g/mol. The van der Waals surface area contributed by atoms with Gasteiger partial charge in [0.25, 0.3) is 0 Å². The van der Waals surface area contributed by atoms with Crippen LogP contribution in [0.5, 0.6) is 0 Å². The molecule has 0 fully saturated rings. The van der Waals surface area contributed by atoms with Crippen LogP contribution in [0.25, 0.3) is 0 Å². The van der Waals surface area contributed by atoms with Crippen molar-refractivity contribution < 1.29 is 12.3 Å². The molecule has 0 bridgehead atoms. The summed E-state index contributed by atoms with van der Waals surface area (Å²) in [6.45, 7) is 0.277. The van der Waals surface area contributed by atoms with Crippen LogP contribution in [-0.4, -0.2) is 18.0 Å². The minimum absolute atomic E-state index is 0.277. The molecule has 0 radical (unpaired) electrons. The molecule has 84 valence electrons. The minimum atomic E-state index is -4.67. The van der Waals surface area contributed by atoms with Gasteiger partial charge in [-0.25, -0.2) is 4.98 Å². The Bertz CT molecular complexity index is 579. The fourth-order valence-corrected chi connectivity index (χ4v) is 2.14. The summed E-state index contributed by atoms with van der Waals surface area (Å²) in [6, 6.07) is 5.98. The zero-order valence-corrected chi connectivity index (χ0v) is 9.06. The molecule has 0 saturated heterocycles. The van der Waals surface area contributed by atoms with Crippen LogP contribution in [0, 0.1) is 0 Å². The number of hydrogen-bond acceptors (Lipinski definition) is 3. The molecule has 0 aliphatic carbocycles. The molecular weight excluding hydrogens is 231 g/mol. The molecule has 0 aliphatic heterocycles. The summed E-state index contributed by atoms with van der Waals surface area (Å²) in [5.74, 6) is 0. The third-order valence-electron chi connectivity index (χ3n) is 2.15. The molecule has 2 rings (SSSR count). The average molecular weight is 240 g/mol. The summed E-state index contributed by atoms with van der Waals surface area (Å²) in [6.07, 6.45) is 4.80. The van der Waals surface area contributed by atoms with Gasteiger partial charge in [-0.3, -0.25) is 0 Å². The molecule has 0 saturated carbocycles. The van der Waals surface area contributed by atoms with Crippen molar-refractivity contribution in [2.45, 2.75) is 11.4 Å². The van der Waals surface area contributed by atoms with E-state index in [0.29, 0.717) is 5.56 Å². The van der Waals surface area contributed by atoms with E-state index in [0.717, 1.165) is 0 Å². The van der Waals surface area contributed by atoms with Crippen LogP contribution in [-0.2, 0) is 16.8 Å².